The summed E-state index contributed by atoms with van der Waals surface area (Å²) in [5.74, 6) is 0.523. The molecule has 1 aromatic heterocycles. The summed E-state index contributed by atoms with van der Waals surface area (Å²) in [5, 5.41) is 3.03. The van der Waals surface area contributed by atoms with Crippen LogP contribution in [0, 0.1) is 0 Å². The molecule has 0 amide bonds. The van der Waals surface area contributed by atoms with Crippen LogP contribution in [0.1, 0.15) is 0 Å². The van der Waals surface area contributed by atoms with E-state index in [9.17, 15) is 8.42 Å². The summed E-state index contributed by atoms with van der Waals surface area (Å²) in [6.07, 6.45) is 2.80. The second kappa shape index (κ2) is 5.18. The Kier molecular flexibility index (Phi) is 3.77. The lowest BCUT2D eigenvalue weighted by Crippen LogP contribution is -2.00. The lowest BCUT2D eigenvalue weighted by atomic mass is 10.3. The Morgan fingerprint density at radius 2 is 1.89 bits per heavy atom. The van der Waals surface area contributed by atoms with Gasteiger partial charge in [-0.05, 0) is 46.3 Å². The molecule has 7 heteroatoms. The summed E-state index contributed by atoms with van der Waals surface area (Å²) in [6.45, 7) is 0. The van der Waals surface area contributed by atoms with Crippen molar-refractivity contribution in [3.8, 4) is 0 Å². The van der Waals surface area contributed by atoms with Gasteiger partial charge in [-0.2, -0.15) is 0 Å². The lowest BCUT2D eigenvalue weighted by molar-refractivity contribution is 0.602. The Labute approximate surface area is 119 Å². The van der Waals surface area contributed by atoms with Gasteiger partial charge < -0.3 is 11.1 Å². The highest BCUT2D eigenvalue weighted by Gasteiger charge is 2.07. The van der Waals surface area contributed by atoms with E-state index in [1.807, 2.05) is 0 Å². The molecule has 0 bridgehead atoms. The molecular formula is C12H12BrN3O2S. The van der Waals surface area contributed by atoms with Crippen molar-refractivity contribution in [1.29, 1.82) is 0 Å². The summed E-state index contributed by atoms with van der Waals surface area (Å²) in [6, 6.07) is 8.14. The molecule has 3 N–H and O–H groups in total. The van der Waals surface area contributed by atoms with Gasteiger partial charge in [-0.3, -0.25) is 0 Å². The maximum Gasteiger partial charge on any atom is 0.175 e. The average molecular weight is 342 g/mol. The molecule has 0 unspecified atom stereocenters. The number of benzene rings is 1. The van der Waals surface area contributed by atoms with Crippen LogP contribution < -0.4 is 11.1 Å². The molecule has 0 aliphatic rings. The molecular weight excluding hydrogens is 330 g/mol. The fourth-order valence-electron chi connectivity index (χ4n) is 1.48. The molecule has 0 radical (unpaired) electrons. The zero-order valence-electron chi connectivity index (χ0n) is 10.1. The molecule has 0 saturated carbocycles. The van der Waals surface area contributed by atoms with Crippen molar-refractivity contribution < 1.29 is 8.42 Å². The van der Waals surface area contributed by atoms with E-state index in [-0.39, 0.29) is 4.90 Å². The highest BCUT2D eigenvalue weighted by Crippen LogP contribution is 2.24. The van der Waals surface area contributed by atoms with Crippen LogP contribution in [0.2, 0.25) is 0 Å². The van der Waals surface area contributed by atoms with Gasteiger partial charge in [0.25, 0.3) is 0 Å². The topological polar surface area (TPSA) is 85.1 Å². The maximum atomic E-state index is 11.3. The first-order chi connectivity index (χ1) is 8.86. The number of nitrogens with two attached hydrogens (primary N) is 1. The maximum absolute atomic E-state index is 11.3. The van der Waals surface area contributed by atoms with Gasteiger partial charge in [0.2, 0.25) is 0 Å². The third kappa shape index (κ3) is 3.45. The molecule has 1 heterocycles. The zero-order chi connectivity index (χ0) is 14.0. The number of anilines is 3. The first-order valence-corrected chi connectivity index (χ1v) is 8.03. The largest absolute Gasteiger partial charge is 0.396 e. The standard InChI is InChI=1S/C12H12BrN3O2S/c1-19(17,18)10-4-2-9(3-5-10)16-12-11(14)6-8(13)7-15-12/h2-7H,14H2,1H3,(H,15,16). The van der Waals surface area contributed by atoms with Gasteiger partial charge in [-0.1, -0.05) is 0 Å². The fraction of sp³-hybridized carbons (Fsp3) is 0.0833. The number of rotatable bonds is 3. The van der Waals surface area contributed by atoms with E-state index >= 15 is 0 Å². The third-order valence-corrected chi connectivity index (χ3v) is 3.99. The minimum absolute atomic E-state index is 0.273. The van der Waals surface area contributed by atoms with E-state index in [0.29, 0.717) is 17.2 Å². The third-order valence-electron chi connectivity index (χ3n) is 2.43. The molecule has 0 aliphatic carbocycles. The number of nitrogen functional groups attached to an aromatic ring is 1. The molecule has 0 atom stereocenters. The minimum Gasteiger partial charge on any atom is -0.396 e. The molecule has 2 rings (SSSR count). The van der Waals surface area contributed by atoms with Crippen LogP contribution in [0.25, 0.3) is 0 Å². The predicted molar refractivity (Wildman–Crippen MR) is 79.2 cm³/mol. The molecule has 2 aromatic rings. The quantitative estimate of drug-likeness (QED) is 0.896. The number of sulfone groups is 1. The molecule has 19 heavy (non-hydrogen) atoms. The van der Waals surface area contributed by atoms with Crippen molar-refractivity contribution >= 4 is 43.0 Å². The van der Waals surface area contributed by atoms with E-state index in [1.54, 1.807) is 24.4 Å². The van der Waals surface area contributed by atoms with Gasteiger partial charge in [0.1, 0.15) is 0 Å². The highest BCUT2D eigenvalue weighted by molar-refractivity contribution is 9.10. The Hall–Kier alpha value is -1.60. The van der Waals surface area contributed by atoms with E-state index in [2.05, 4.69) is 26.2 Å². The first kappa shape index (κ1) is 13.8. The van der Waals surface area contributed by atoms with Gasteiger partial charge in [0.05, 0.1) is 10.6 Å². The number of nitrogens with one attached hydrogen (secondary N) is 1. The SMILES string of the molecule is CS(=O)(=O)c1ccc(Nc2ncc(Br)cc2N)cc1. The van der Waals surface area contributed by atoms with Gasteiger partial charge in [-0.15, -0.1) is 0 Å². The van der Waals surface area contributed by atoms with Crippen LogP contribution in [0.15, 0.2) is 45.9 Å². The molecule has 0 spiro atoms. The van der Waals surface area contributed by atoms with Crippen molar-refractivity contribution in [3.05, 3.63) is 41.0 Å². The lowest BCUT2D eigenvalue weighted by Gasteiger charge is -2.08. The van der Waals surface area contributed by atoms with Gasteiger partial charge in [0.15, 0.2) is 15.7 Å². The van der Waals surface area contributed by atoms with Crippen LogP contribution in [0.4, 0.5) is 17.2 Å². The highest BCUT2D eigenvalue weighted by atomic mass is 79.9. The smallest absolute Gasteiger partial charge is 0.175 e. The molecule has 0 aliphatic heterocycles. The van der Waals surface area contributed by atoms with Gasteiger partial charge in [-0.25, -0.2) is 13.4 Å². The number of pyridine rings is 1. The molecule has 100 valence electrons. The summed E-state index contributed by atoms with van der Waals surface area (Å²) in [7, 11) is -3.18. The summed E-state index contributed by atoms with van der Waals surface area (Å²) in [4.78, 5) is 4.42. The van der Waals surface area contributed by atoms with Crippen LogP contribution in [0.3, 0.4) is 0 Å². The van der Waals surface area contributed by atoms with E-state index in [4.69, 9.17) is 5.73 Å². The molecule has 5 nitrogen and oxygen atoms in total. The Bertz CT molecular complexity index is 699. The first-order valence-electron chi connectivity index (χ1n) is 5.34. The fourth-order valence-corrected chi connectivity index (χ4v) is 2.46. The van der Waals surface area contributed by atoms with Crippen LogP contribution >= 0.6 is 15.9 Å². The minimum atomic E-state index is -3.18. The Morgan fingerprint density at radius 3 is 2.42 bits per heavy atom. The molecule has 0 fully saturated rings. The monoisotopic (exact) mass is 341 g/mol. The van der Waals surface area contributed by atoms with E-state index < -0.39 is 9.84 Å². The van der Waals surface area contributed by atoms with Crippen LogP contribution in [-0.4, -0.2) is 19.7 Å². The Balaban J connectivity index is 2.25. The van der Waals surface area contributed by atoms with Crippen molar-refractivity contribution in [2.45, 2.75) is 4.90 Å². The Morgan fingerprint density at radius 1 is 1.26 bits per heavy atom. The average Bonchev–Trinajstić information content (AvgIpc) is 2.32. The number of nitrogens with zero attached hydrogens (tertiary/aromatic N) is 1. The summed E-state index contributed by atoms with van der Waals surface area (Å²) < 4.78 is 23.5. The van der Waals surface area contributed by atoms with Crippen LogP contribution in [0.5, 0.6) is 0 Å². The number of hydrogen-bond donors (Lipinski definition) is 2. The second-order valence-electron chi connectivity index (χ2n) is 4.01. The van der Waals surface area contributed by atoms with Gasteiger partial charge >= 0.3 is 0 Å². The van der Waals surface area contributed by atoms with Crippen molar-refractivity contribution in [3.63, 3.8) is 0 Å². The second-order valence-corrected chi connectivity index (χ2v) is 6.94. The van der Waals surface area contributed by atoms with Crippen molar-refractivity contribution in [2.24, 2.45) is 0 Å². The molecule has 0 saturated heterocycles. The molecule has 1 aromatic carbocycles. The zero-order valence-corrected chi connectivity index (χ0v) is 12.5. The summed E-state index contributed by atoms with van der Waals surface area (Å²) >= 11 is 3.28. The number of halogens is 1. The summed E-state index contributed by atoms with van der Waals surface area (Å²) in [5.41, 5.74) is 7.04. The van der Waals surface area contributed by atoms with E-state index in [0.717, 1.165) is 4.47 Å². The number of aromatic nitrogens is 1. The van der Waals surface area contributed by atoms with Crippen molar-refractivity contribution in [1.82, 2.24) is 4.98 Å². The number of hydrogen-bond acceptors (Lipinski definition) is 5. The van der Waals surface area contributed by atoms with Gasteiger partial charge in [0, 0.05) is 22.6 Å². The normalized spacial score (nSPS) is 11.3. The predicted octanol–water partition coefficient (Wildman–Crippen LogP) is 2.57. The van der Waals surface area contributed by atoms with E-state index in [1.165, 1.54) is 18.4 Å². The van der Waals surface area contributed by atoms with Crippen LogP contribution in [-0.2, 0) is 9.84 Å². The van der Waals surface area contributed by atoms with Crippen molar-refractivity contribution in [2.75, 3.05) is 17.3 Å².